The molecule has 4 nitrogen and oxygen atoms in total. The molecule has 1 aliphatic heterocycles. The highest BCUT2D eigenvalue weighted by Crippen LogP contribution is 2.33. The van der Waals surface area contributed by atoms with Crippen molar-refractivity contribution in [2.24, 2.45) is 0 Å². The first-order valence-corrected chi connectivity index (χ1v) is 11.5. The van der Waals surface area contributed by atoms with Gasteiger partial charge in [-0.1, -0.05) is 44.2 Å². The molecule has 1 atom stereocenters. The standard InChI is InChI=1S/C24H29N3OS/c1-3-17-9-7-10-18(4-2)23(17)26-22(28)16-27-14-8-11-19(15-27)24-25-20-12-5-6-13-21(20)29-24/h5-7,9-10,12-13,19H,3-4,8,11,14-16H2,1-2H3,(H,26,28)/t19-/m0/s1. The zero-order valence-corrected chi connectivity index (χ0v) is 18.1. The summed E-state index contributed by atoms with van der Waals surface area (Å²) in [6.07, 6.45) is 4.11. The summed E-state index contributed by atoms with van der Waals surface area (Å²) in [4.78, 5) is 20.0. The van der Waals surface area contributed by atoms with Gasteiger partial charge in [0.1, 0.15) is 0 Å². The maximum absolute atomic E-state index is 12.8. The number of carbonyl (C=O) groups excluding carboxylic acids is 1. The lowest BCUT2D eigenvalue weighted by Gasteiger charge is -2.31. The third-order valence-electron chi connectivity index (χ3n) is 5.80. The van der Waals surface area contributed by atoms with Crippen molar-refractivity contribution in [1.29, 1.82) is 0 Å². The van der Waals surface area contributed by atoms with Crippen LogP contribution in [0.2, 0.25) is 0 Å². The van der Waals surface area contributed by atoms with Crippen LogP contribution in [0.1, 0.15) is 48.7 Å². The van der Waals surface area contributed by atoms with Crippen LogP contribution in [-0.2, 0) is 17.6 Å². The smallest absolute Gasteiger partial charge is 0.238 e. The number of benzene rings is 2. The molecule has 0 spiro atoms. The maximum Gasteiger partial charge on any atom is 0.238 e. The minimum absolute atomic E-state index is 0.0885. The number of thiazole rings is 1. The highest BCUT2D eigenvalue weighted by atomic mass is 32.1. The van der Waals surface area contributed by atoms with Crippen LogP contribution >= 0.6 is 11.3 Å². The molecule has 2 heterocycles. The normalized spacial score (nSPS) is 17.5. The van der Waals surface area contributed by atoms with Crippen LogP contribution in [0, 0.1) is 0 Å². The minimum atomic E-state index is 0.0885. The largest absolute Gasteiger partial charge is 0.324 e. The topological polar surface area (TPSA) is 45.2 Å². The van der Waals surface area contributed by atoms with E-state index in [0.29, 0.717) is 12.5 Å². The molecule has 1 aliphatic rings. The van der Waals surface area contributed by atoms with Gasteiger partial charge >= 0.3 is 0 Å². The van der Waals surface area contributed by atoms with E-state index in [1.807, 2.05) is 6.07 Å². The second-order valence-electron chi connectivity index (χ2n) is 7.80. The quantitative estimate of drug-likeness (QED) is 0.608. The second-order valence-corrected chi connectivity index (χ2v) is 8.86. The number of aryl methyl sites for hydroxylation is 2. The van der Waals surface area contributed by atoms with Crippen LogP contribution in [0.5, 0.6) is 0 Å². The molecule has 29 heavy (non-hydrogen) atoms. The van der Waals surface area contributed by atoms with Crippen molar-refractivity contribution in [2.75, 3.05) is 25.0 Å². The highest BCUT2D eigenvalue weighted by Gasteiger charge is 2.25. The number of piperidine rings is 1. The summed E-state index contributed by atoms with van der Waals surface area (Å²) in [5.74, 6) is 0.508. The zero-order valence-electron chi connectivity index (χ0n) is 17.3. The van der Waals surface area contributed by atoms with Crippen LogP contribution in [0.15, 0.2) is 42.5 Å². The highest BCUT2D eigenvalue weighted by molar-refractivity contribution is 7.18. The molecule has 4 rings (SSSR count). The first-order chi connectivity index (χ1) is 14.2. The molecule has 1 N–H and O–H groups in total. The Labute approximate surface area is 177 Å². The second kappa shape index (κ2) is 9.06. The van der Waals surface area contributed by atoms with E-state index < -0.39 is 0 Å². The number of amides is 1. The molecule has 1 amide bonds. The van der Waals surface area contributed by atoms with Crippen molar-refractivity contribution in [1.82, 2.24) is 9.88 Å². The van der Waals surface area contributed by atoms with E-state index in [0.717, 1.165) is 50.0 Å². The number of nitrogens with one attached hydrogen (secondary N) is 1. The fourth-order valence-corrected chi connectivity index (χ4v) is 5.34. The Kier molecular flexibility index (Phi) is 6.26. The lowest BCUT2D eigenvalue weighted by atomic mass is 9.98. The average molecular weight is 408 g/mol. The van der Waals surface area contributed by atoms with E-state index in [1.54, 1.807) is 11.3 Å². The van der Waals surface area contributed by atoms with Crippen molar-refractivity contribution in [3.8, 4) is 0 Å². The monoisotopic (exact) mass is 407 g/mol. The number of aromatic nitrogens is 1. The van der Waals surface area contributed by atoms with Gasteiger partial charge < -0.3 is 5.32 Å². The van der Waals surface area contributed by atoms with E-state index in [2.05, 4.69) is 60.5 Å². The summed E-state index contributed by atoms with van der Waals surface area (Å²) >= 11 is 1.80. The van der Waals surface area contributed by atoms with Gasteiger partial charge in [-0.25, -0.2) is 4.98 Å². The predicted molar refractivity (Wildman–Crippen MR) is 122 cm³/mol. The Morgan fingerprint density at radius 1 is 1.14 bits per heavy atom. The lowest BCUT2D eigenvalue weighted by Crippen LogP contribution is -2.40. The SMILES string of the molecule is CCc1cccc(CC)c1NC(=O)CN1CCC[C@H](c2nc3ccccc3s2)C1. The molecule has 1 fully saturated rings. The van der Waals surface area contributed by atoms with Gasteiger partial charge in [0.05, 0.1) is 21.8 Å². The van der Waals surface area contributed by atoms with Crippen molar-refractivity contribution in [3.05, 3.63) is 58.6 Å². The maximum atomic E-state index is 12.8. The molecule has 2 aromatic carbocycles. The van der Waals surface area contributed by atoms with Crippen LogP contribution in [0.4, 0.5) is 5.69 Å². The molecule has 5 heteroatoms. The summed E-state index contributed by atoms with van der Waals surface area (Å²) in [7, 11) is 0. The molecule has 1 aromatic heterocycles. The van der Waals surface area contributed by atoms with Crippen molar-refractivity contribution < 1.29 is 4.79 Å². The Morgan fingerprint density at radius 2 is 1.90 bits per heavy atom. The van der Waals surface area contributed by atoms with Gasteiger partial charge in [0.2, 0.25) is 5.91 Å². The molecule has 3 aromatic rings. The van der Waals surface area contributed by atoms with E-state index in [9.17, 15) is 4.79 Å². The first kappa shape index (κ1) is 20.0. The Morgan fingerprint density at radius 3 is 2.62 bits per heavy atom. The van der Waals surface area contributed by atoms with E-state index in [1.165, 1.54) is 20.8 Å². The summed E-state index contributed by atoms with van der Waals surface area (Å²) < 4.78 is 1.25. The summed E-state index contributed by atoms with van der Waals surface area (Å²) in [6.45, 7) is 6.60. The van der Waals surface area contributed by atoms with E-state index >= 15 is 0 Å². The molecule has 152 valence electrons. The van der Waals surface area contributed by atoms with Crippen molar-refractivity contribution >= 4 is 33.1 Å². The van der Waals surface area contributed by atoms with Gasteiger partial charge in [0.15, 0.2) is 0 Å². The zero-order chi connectivity index (χ0) is 20.2. The fraction of sp³-hybridized carbons (Fsp3) is 0.417. The molecule has 0 saturated carbocycles. The van der Waals surface area contributed by atoms with Gasteiger partial charge in [-0.2, -0.15) is 0 Å². The van der Waals surface area contributed by atoms with E-state index in [-0.39, 0.29) is 5.91 Å². The average Bonchev–Trinajstić information content (AvgIpc) is 3.18. The van der Waals surface area contributed by atoms with Gasteiger partial charge in [-0.05, 0) is 55.5 Å². The number of hydrogen-bond donors (Lipinski definition) is 1. The van der Waals surface area contributed by atoms with Crippen LogP contribution in [0.3, 0.4) is 0 Å². The van der Waals surface area contributed by atoms with Gasteiger partial charge in [0.25, 0.3) is 0 Å². The molecule has 1 saturated heterocycles. The number of hydrogen-bond acceptors (Lipinski definition) is 4. The Hall–Kier alpha value is -2.24. The third kappa shape index (κ3) is 4.51. The van der Waals surface area contributed by atoms with Gasteiger partial charge in [-0.3, -0.25) is 9.69 Å². The Bertz CT molecular complexity index is 941. The number of carbonyl (C=O) groups is 1. The van der Waals surface area contributed by atoms with Crippen molar-refractivity contribution in [3.63, 3.8) is 0 Å². The predicted octanol–water partition coefficient (Wildman–Crippen LogP) is 5.24. The van der Waals surface area contributed by atoms with Gasteiger partial charge in [-0.15, -0.1) is 11.3 Å². The molecular formula is C24H29N3OS. The molecule has 0 bridgehead atoms. The molecule has 0 radical (unpaired) electrons. The Balaban J connectivity index is 1.42. The van der Waals surface area contributed by atoms with E-state index in [4.69, 9.17) is 4.98 Å². The molecular weight excluding hydrogens is 378 g/mol. The first-order valence-electron chi connectivity index (χ1n) is 10.7. The molecule has 0 aliphatic carbocycles. The minimum Gasteiger partial charge on any atom is -0.324 e. The molecule has 0 unspecified atom stereocenters. The summed E-state index contributed by atoms with van der Waals surface area (Å²) in [5.41, 5.74) is 4.53. The number of para-hydroxylation sites is 2. The van der Waals surface area contributed by atoms with Crippen LogP contribution < -0.4 is 5.32 Å². The van der Waals surface area contributed by atoms with Crippen LogP contribution in [0.25, 0.3) is 10.2 Å². The van der Waals surface area contributed by atoms with Crippen LogP contribution in [-0.4, -0.2) is 35.4 Å². The third-order valence-corrected chi connectivity index (χ3v) is 6.99. The van der Waals surface area contributed by atoms with Gasteiger partial charge in [0, 0.05) is 18.2 Å². The number of fused-ring (bicyclic) bond motifs is 1. The number of anilines is 1. The summed E-state index contributed by atoms with van der Waals surface area (Å²) in [6, 6.07) is 14.6. The number of nitrogens with zero attached hydrogens (tertiary/aromatic N) is 2. The van der Waals surface area contributed by atoms with Crippen molar-refractivity contribution in [2.45, 2.75) is 45.4 Å². The summed E-state index contributed by atoms with van der Waals surface area (Å²) in [5, 5.41) is 4.42. The number of likely N-dealkylation sites (tertiary alicyclic amines) is 1. The fourth-order valence-electron chi connectivity index (χ4n) is 4.25. The lowest BCUT2D eigenvalue weighted by molar-refractivity contribution is -0.117. The number of rotatable bonds is 6.